The first-order valence-electron chi connectivity index (χ1n) is 30.2. The van der Waals surface area contributed by atoms with Crippen LogP contribution in [0.5, 0.6) is 0 Å². The first-order chi connectivity index (χ1) is 33.0. The number of hydrogen-bond donors (Lipinski definition) is 5. The highest BCUT2D eigenvalue weighted by Gasteiger charge is 2.28. The Hall–Kier alpha value is -1.21. The SMILES string of the molecule is CCCCCCCCCCCCCC/C=C/CC/C=C/CCCC(O)C(O)C(CO)NC(=O)C(O)CCCCCCCCCCCCCCCCCCCCCCCCCCCCCCCC. The Morgan fingerprint density at radius 3 is 0.940 bits per heavy atom. The van der Waals surface area contributed by atoms with E-state index in [1.54, 1.807) is 0 Å². The summed E-state index contributed by atoms with van der Waals surface area (Å²) in [4.78, 5) is 12.6. The number of unbranched alkanes of at least 4 members (excludes halogenated alkanes) is 43. The Morgan fingerprint density at radius 2 is 0.627 bits per heavy atom. The van der Waals surface area contributed by atoms with Crippen molar-refractivity contribution >= 4 is 5.91 Å². The van der Waals surface area contributed by atoms with Crippen molar-refractivity contribution < 1.29 is 25.2 Å². The van der Waals surface area contributed by atoms with Gasteiger partial charge in [-0.2, -0.15) is 0 Å². The van der Waals surface area contributed by atoms with Crippen LogP contribution in [0, 0.1) is 0 Å². The standard InChI is InChI=1S/C61H119NO5/c1-3-5-7-9-11-13-15-17-19-21-23-25-26-27-28-29-30-31-32-33-35-37-39-41-43-45-47-49-51-53-55-59(65)61(67)62-57(56-63)60(66)58(64)54-52-50-48-46-44-42-40-38-36-34-24-22-20-18-16-14-12-10-8-6-4-2/h38,40,46,48,57-60,63-66H,3-37,39,41-45,47,49-56H2,1-2H3,(H,62,67)/b40-38+,48-46+. The van der Waals surface area contributed by atoms with E-state index in [9.17, 15) is 25.2 Å². The average Bonchev–Trinajstić information content (AvgIpc) is 3.33. The van der Waals surface area contributed by atoms with Gasteiger partial charge in [-0.05, 0) is 51.4 Å². The van der Waals surface area contributed by atoms with Gasteiger partial charge in [0.25, 0.3) is 0 Å². The molecule has 0 saturated heterocycles. The minimum atomic E-state index is -1.29. The van der Waals surface area contributed by atoms with Gasteiger partial charge in [-0.1, -0.05) is 301 Å². The van der Waals surface area contributed by atoms with Crippen LogP contribution in [0.4, 0.5) is 0 Å². The lowest BCUT2D eigenvalue weighted by Crippen LogP contribution is -2.53. The molecule has 6 heteroatoms. The third kappa shape index (κ3) is 49.6. The minimum absolute atomic E-state index is 0.365. The second-order valence-corrected chi connectivity index (χ2v) is 21.0. The van der Waals surface area contributed by atoms with E-state index < -0.39 is 36.9 Å². The fraction of sp³-hybridized carbons (Fsp3) is 0.918. The molecule has 5 N–H and O–H groups in total. The second-order valence-electron chi connectivity index (χ2n) is 21.0. The van der Waals surface area contributed by atoms with Crippen LogP contribution in [-0.2, 0) is 4.79 Å². The van der Waals surface area contributed by atoms with Crippen LogP contribution in [0.3, 0.4) is 0 Å². The van der Waals surface area contributed by atoms with Crippen molar-refractivity contribution in [2.75, 3.05) is 6.61 Å². The molecule has 4 unspecified atom stereocenters. The van der Waals surface area contributed by atoms with E-state index in [-0.39, 0.29) is 0 Å². The molecule has 0 aliphatic carbocycles. The molecule has 0 aliphatic rings. The number of rotatable bonds is 56. The number of aliphatic hydroxyl groups is 4. The maximum absolute atomic E-state index is 12.6. The molecule has 398 valence electrons. The van der Waals surface area contributed by atoms with E-state index in [1.807, 2.05) is 0 Å². The van der Waals surface area contributed by atoms with E-state index >= 15 is 0 Å². The maximum Gasteiger partial charge on any atom is 0.249 e. The van der Waals surface area contributed by atoms with Crippen LogP contribution in [0.2, 0.25) is 0 Å². The van der Waals surface area contributed by atoms with Crippen LogP contribution in [0.1, 0.15) is 328 Å². The lowest BCUT2D eigenvalue weighted by molar-refractivity contribution is -0.132. The molecule has 0 aromatic heterocycles. The summed E-state index contributed by atoms with van der Waals surface area (Å²) in [6.07, 6.45) is 68.4. The summed E-state index contributed by atoms with van der Waals surface area (Å²) in [6, 6.07) is -1.01. The zero-order valence-corrected chi connectivity index (χ0v) is 45.2. The van der Waals surface area contributed by atoms with Crippen LogP contribution in [0.25, 0.3) is 0 Å². The summed E-state index contributed by atoms with van der Waals surface area (Å²) in [6.45, 7) is 4.08. The normalized spacial score (nSPS) is 13.8. The molecule has 6 nitrogen and oxygen atoms in total. The first kappa shape index (κ1) is 65.8. The molecular formula is C61H119NO5. The van der Waals surface area contributed by atoms with Crippen LogP contribution < -0.4 is 5.32 Å². The maximum atomic E-state index is 12.6. The fourth-order valence-electron chi connectivity index (χ4n) is 9.66. The third-order valence-corrected chi connectivity index (χ3v) is 14.4. The predicted octanol–water partition coefficient (Wildman–Crippen LogP) is 17.8. The molecule has 0 bridgehead atoms. The van der Waals surface area contributed by atoms with Crippen molar-refractivity contribution in [1.29, 1.82) is 0 Å². The van der Waals surface area contributed by atoms with Gasteiger partial charge in [0.2, 0.25) is 5.91 Å². The molecular weight excluding hydrogens is 827 g/mol. The van der Waals surface area contributed by atoms with Gasteiger partial charge in [-0.25, -0.2) is 0 Å². The zero-order chi connectivity index (χ0) is 48.8. The lowest BCUT2D eigenvalue weighted by Gasteiger charge is -2.27. The molecule has 0 aliphatic heterocycles. The molecule has 0 fully saturated rings. The third-order valence-electron chi connectivity index (χ3n) is 14.4. The minimum Gasteiger partial charge on any atom is -0.394 e. The van der Waals surface area contributed by atoms with Gasteiger partial charge in [0.1, 0.15) is 12.2 Å². The summed E-state index contributed by atoms with van der Waals surface area (Å²) >= 11 is 0. The summed E-state index contributed by atoms with van der Waals surface area (Å²) in [5.41, 5.74) is 0. The largest absolute Gasteiger partial charge is 0.394 e. The van der Waals surface area contributed by atoms with Crippen molar-refractivity contribution in [3.63, 3.8) is 0 Å². The number of carbonyl (C=O) groups is 1. The fourth-order valence-corrected chi connectivity index (χ4v) is 9.66. The van der Waals surface area contributed by atoms with Crippen LogP contribution >= 0.6 is 0 Å². The van der Waals surface area contributed by atoms with E-state index in [4.69, 9.17) is 0 Å². The van der Waals surface area contributed by atoms with Gasteiger partial charge >= 0.3 is 0 Å². The number of nitrogens with one attached hydrogen (secondary N) is 1. The number of aliphatic hydroxyl groups excluding tert-OH is 4. The molecule has 1 amide bonds. The molecule has 0 saturated carbocycles. The molecule has 4 atom stereocenters. The highest BCUT2D eigenvalue weighted by Crippen LogP contribution is 2.18. The Morgan fingerprint density at radius 1 is 0.358 bits per heavy atom. The zero-order valence-electron chi connectivity index (χ0n) is 45.2. The van der Waals surface area contributed by atoms with E-state index in [0.29, 0.717) is 19.3 Å². The summed E-state index contributed by atoms with van der Waals surface area (Å²) in [5.74, 6) is -0.591. The predicted molar refractivity (Wildman–Crippen MR) is 293 cm³/mol. The second kappa shape index (κ2) is 55.7. The lowest BCUT2D eigenvalue weighted by atomic mass is 10.00. The van der Waals surface area contributed by atoms with Gasteiger partial charge in [-0.3, -0.25) is 4.79 Å². The molecule has 0 aromatic rings. The van der Waals surface area contributed by atoms with Gasteiger partial charge < -0.3 is 25.7 Å². The molecule has 0 heterocycles. The number of hydrogen-bond acceptors (Lipinski definition) is 5. The van der Waals surface area contributed by atoms with Crippen LogP contribution in [-0.4, -0.2) is 57.3 Å². The van der Waals surface area contributed by atoms with Crippen molar-refractivity contribution in [1.82, 2.24) is 5.32 Å². The highest BCUT2D eigenvalue weighted by atomic mass is 16.3. The Labute approximate surface area is 418 Å². The van der Waals surface area contributed by atoms with E-state index in [2.05, 4.69) is 43.5 Å². The molecule has 67 heavy (non-hydrogen) atoms. The summed E-state index contributed by atoms with van der Waals surface area (Å²) in [7, 11) is 0. The van der Waals surface area contributed by atoms with Gasteiger partial charge in [-0.15, -0.1) is 0 Å². The van der Waals surface area contributed by atoms with Crippen LogP contribution in [0.15, 0.2) is 24.3 Å². The van der Waals surface area contributed by atoms with Gasteiger partial charge in [0.15, 0.2) is 0 Å². The summed E-state index contributed by atoms with van der Waals surface area (Å²) < 4.78 is 0. The van der Waals surface area contributed by atoms with E-state index in [0.717, 1.165) is 38.5 Å². The number of carbonyl (C=O) groups excluding carboxylic acids is 1. The van der Waals surface area contributed by atoms with Gasteiger partial charge in [0, 0.05) is 0 Å². The smallest absolute Gasteiger partial charge is 0.249 e. The molecule has 0 radical (unpaired) electrons. The van der Waals surface area contributed by atoms with Crippen molar-refractivity contribution in [2.24, 2.45) is 0 Å². The quantitative estimate of drug-likeness (QED) is 0.0308. The molecule has 0 spiro atoms. The van der Waals surface area contributed by atoms with Crippen molar-refractivity contribution in [2.45, 2.75) is 353 Å². The number of allylic oxidation sites excluding steroid dienone is 4. The Bertz CT molecular complexity index is 1020. The molecule has 0 rings (SSSR count). The van der Waals surface area contributed by atoms with E-state index in [1.165, 1.54) is 257 Å². The summed E-state index contributed by atoms with van der Waals surface area (Å²) in [5, 5.41) is 44.0. The first-order valence-corrected chi connectivity index (χ1v) is 30.2. The molecule has 0 aromatic carbocycles. The number of amides is 1. The van der Waals surface area contributed by atoms with Gasteiger partial charge in [0.05, 0.1) is 18.8 Å². The Kier molecular flexibility index (Phi) is 54.7. The Balaban J connectivity index is 3.60. The average molecular weight is 947 g/mol. The highest BCUT2D eigenvalue weighted by molar-refractivity contribution is 5.80. The van der Waals surface area contributed by atoms with Crippen molar-refractivity contribution in [3.8, 4) is 0 Å². The topological polar surface area (TPSA) is 110 Å². The monoisotopic (exact) mass is 946 g/mol. The van der Waals surface area contributed by atoms with Crippen molar-refractivity contribution in [3.05, 3.63) is 24.3 Å².